The summed E-state index contributed by atoms with van der Waals surface area (Å²) in [5.41, 5.74) is 2.23. The van der Waals surface area contributed by atoms with Gasteiger partial charge in [0.1, 0.15) is 11.6 Å². The quantitative estimate of drug-likeness (QED) is 0.709. The van der Waals surface area contributed by atoms with Gasteiger partial charge in [-0.15, -0.1) is 0 Å². The molecule has 2 aromatic carbocycles. The van der Waals surface area contributed by atoms with Crippen molar-refractivity contribution in [2.24, 2.45) is 0 Å². The van der Waals surface area contributed by atoms with Gasteiger partial charge in [0.15, 0.2) is 9.84 Å². The zero-order valence-corrected chi connectivity index (χ0v) is 13.8. The van der Waals surface area contributed by atoms with Gasteiger partial charge in [0.2, 0.25) is 11.7 Å². The summed E-state index contributed by atoms with van der Waals surface area (Å²) in [6.07, 6.45) is 0. The van der Waals surface area contributed by atoms with E-state index in [9.17, 15) is 12.8 Å². The van der Waals surface area contributed by atoms with Crippen LogP contribution in [0, 0.1) is 12.7 Å². The van der Waals surface area contributed by atoms with Crippen molar-refractivity contribution in [2.75, 3.05) is 0 Å². The SMILES string of the molecule is Cc1ccc(-c2noc(CS(=O)(=O)Cc3cccc(F)c3)n2)cc1. The molecule has 0 aliphatic rings. The Morgan fingerprint density at radius 3 is 2.54 bits per heavy atom. The topological polar surface area (TPSA) is 73.1 Å². The van der Waals surface area contributed by atoms with E-state index >= 15 is 0 Å². The van der Waals surface area contributed by atoms with Gasteiger partial charge in [-0.05, 0) is 24.6 Å². The number of hydrogen-bond donors (Lipinski definition) is 0. The Balaban J connectivity index is 1.75. The molecule has 0 saturated carbocycles. The van der Waals surface area contributed by atoms with Crippen LogP contribution in [0.4, 0.5) is 4.39 Å². The zero-order chi connectivity index (χ0) is 17.2. The first-order valence-corrected chi connectivity index (χ1v) is 9.08. The van der Waals surface area contributed by atoms with Crippen LogP contribution in [0.25, 0.3) is 11.4 Å². The fourth-order valence-corrected chi connectivity index (χ4v) is 3.54. The maximum absolute atomic E-state index is 13.2. The van der Waals surface area contributed by atoms with Gasteiger partial charge >= 0.3 is 0 Å². The lowest BCUT2D eigenvalue weighted by atomic mass is 10.1. The number of halogens is 1. The van der Waals surface area contributed by atoms with E-state index in [0.29, 0.717) is 11.4 Å². The molecule has 1 aromatic heterocycles. The smallest absolute Gasteiger partial charge is 0.242 e. The maximum Gasteiger partial charge on any atom is 0.242 e. The third-order valence-corrected chi connectivity index (χ3v) is 4.86. The zero-order valence-electron chi connectivity index (χ0n) is 12.9. The van der Waals surface area contributed by atoms with Gasteiger partial charge < -0.3 is 4.52 Å². The highest BCUT2D eigenvalue weighted by atomic mass is 32.2. The van der Waals surface area contributed by atoms with E-state index in [2.05, 4.69) is 10.1 Å². The van der Waals surface area contributed by atoms with E-state index in [1.165, 1.54) is 18.2 Å². The Labute approximate surface area is 139 Å². The van der Waals surface area contributed by atoms with E-state index in [1.807, 2.05) is 31.2 Å². The molecule has 1 heterocycles. The van der Waals surface area contributed by atoms with Crippen LogP contribution in [-0.2, 0) is 21.3 Å². The summed E-state index contributed by atoms with van der Waals surface area (Å²) in [5.74, 6) is -0.787. The van der Waals surface area contributed by atoms with Gasteiger partial charge in [0.25, 0.3) is 0 Å². The molecule has 24 heavy (non-hydrogen) atoms. The van der Waals surface area contributed by atoms with Crippen molar-refractivity contribution >= 4 is 9.84 Å². The minimum atomic E-state index is -3.54. The second kappa shape index (κ2) is 6.52. The molecule has 3 rings (SSSR count). The highest BCUT2D eigenvalue weighted by molar-refractivity contribution is 7.89. The summed E-state index contributed by atoms with van der Waals surface area (Å²) in [6, 6.07) is 13.0. The first-order valence-electron chi connectivity index (χ1n) is 7.26. The van der Waals surface area contributed by atoms with Crippen molar-refractivity contribution in [2.45, 2.75) is 18.4 Å². The van der Waals surface area contributed by atoms with Gasteiger partial charge in [0.05, 0.1) is 5.75 Å². The molecule has 0 saturated heterocycles. The van der Waals surface area contributed by atoms with Gasteiger partial charge in [-0.1, -0.05) is 47.1 Å². The number of aryl methyl sites for hydroxylation is 1. The molecule has 3 aromatic rings. The predicted octanol–water partition coefficient (Wildman–Crippen LogP) is 3.30. The molecule has 0 bridgehead atoms. The Morgan fingerprint density at radius 2 is 1.83 bits per heavy atom. The van der Waals surface area contributed by atoms with Gasteiger partial charge in [-0.3, -0.25) is 0 Å². The molecule has 0 amide bonds. The lowest BCUT2D eigenvalue weighted by Crippen LogP contribution is -2.08. The van der Waals surface area contributed by atoms with Crippen LogP contribution >= 0.6 is 0 Å². The van der Waals surface area contributed by atoms with Crippen LogP contribution < -0.4 is 0 Å². The lowest BCUT2D eigenvalue weighted by molar-refractivity contribution is 0.389. The average Bonchev–Trinajstić information content (AvgIpc) is 2.95. The lowest BCUT2D eigenvalue weighted by Gasteiger charge is -2.02. The second-order valence-corrected chi connectivity index (χ2v) is 7.60. The van der Waals surface area contributed by atoms with Crippen molar-refractivity contribution in [3.05, 3.63) is 71.4 Å². The standard InChI is InChI=1S/C17H15FN2O3S/c1-12-5-7-14(8-6-12)17-19-16(23-20-17)11-24(21,22)10-13-3-2-4-15(18)9-13/h2-9H,10-11H2,1H3. The van der Waals surface area contributed by atoms with Crippen molar-refractivity contribution in [3.8, 4) is 11.4 Å². The fraction of sp³-hybridized carbons (Fsp3) is 0.176. The van der Waals surface area contributed by atoms with Crippen molar-refractivity contribution in [1.82, 2.24) is 10.1 Å². The van der Waals surface area contributed by atoms with Crippen LogP contribution in [-0.4, -0.2) is 18.6 Å². The minimum absolute atomic E-state index is 0.0157. The van der Waals surface area contributed by atoms with Crippen molar-refractivity contribution in [3.63, 3.8) is 0 Å². The molecule has 0 atom stereocenters. The summed E-state index contributed by atoms with van der Waals surface area (Å²) >= 11 is 0. The average molecular weight is 346 g/mol. The predicted molar refractivity (Wildman–Crippen MR) is 87.2 cm³/mol. The molecule has 0 N–H and O–H groups in total. The summed E-state index contributed by atoms with van der Waals surface area (Å²) in [5, 5.41) is 3.81. The highest BCUT2D eigenvalue weighted by Crippen LogP contribution is 2.18. The van der Waals surface area contributed by atoms with Crippen LogP contribution in [0.1, 0.15) is 17.0 Å². The van der Waals surface area contributed by atoms with E-state index in [1.54, 1.807) is 6.07 Å². The van der Waals surface area contributed by atoms with Crippen LogP contribution in [0.3, 0.4) is 0 Å². The number of nitrogens with zero attached hydrogens (tertiary/aromatic N) is 2. The number of benzene rings is 2. The first-order chi connectivity index (χ1) is 11.4. The molecular formula is C17H15FN2O3S. The largest absolute Gasteiger partial charge is 0.338 e. The van der Waals surface area contributed by atoms with Crippen LogP contribution in [0.5, 0.6) is 0 Å². The molecule has 124 valence electrons. The summed E-state index contributed by atoms with van der Waals surface area (Å²) < 4.78 is 42.6. The monoisotopic (exact) mass is 346 g/mol. The Bertz CT molecular complexity index is 950. The molecule has 0 fully saturated rings. The molecule has 0 spiro atoms. The normalized spacial score (nSPS) is 11.6. The Morgan fingerprint density at radius 1 is 1.08 bits per heavy atom. The summed E-state index contributed by atoms with van der Waals surface area (Å²) in [4.78, 5) is 4.12. The van der Waals surface area contributed by atoms with Crippen molar-refractivity contribution in [1.29, 1.82) is 0 Å². The van der Waals surface area contributed by atoms with Crippen LogP contribution in [0.15, 0.2) is 53.1 Å². The van der Waals surface area contributed by atoms with E-state index in [-0.39, 0.29) is 17.4 Å². The van der Waals surface area contributed by atoms with Crippen LogP contribution in [0.2, 0.25) is 0 Å². The molecule has 0 aliphatic carbocycles. The molecule has 0 unspecified atom stereocenters. The highest BCUT2D eigenvalue weighted by Gasteiger charge is 2.19. The Kier molecular flexibility index (Phi) is 4.44. The maximum atomic E-state index is 13.2. The molecule has 0 aliphatic heterocycles. The molecule has 7 heteroatoms. The second-order valence-electron chi connectivity index (χ2n) is 5.54. The minimum Gasteiger partial charge on any atom is -0.338 e. The third-order valence-electron chi connectivity index (χ3n) is 3.40. The first kappa shape index (κ1) is 16.3. The number of hydrogen-bond acceptors (Lipinski definition) is 5. The van der Waals surface area contributed by atoms with E-state index in [4.69, 9.17) is 4.52 Å². The van der Waals surface area contributed by atoms with E-state index in [0.717, 1.165) is 11.1 Å². The molecule has 0 radical (unpaired) electrons. The number of rotatable bonds is 5. The Hall–Kier alpha value is -2.54. The van der Waals surface area contributed by atoms with Gasteiger partial charge in [0, 0.05) is 5.56 Å². The van der Waals surface area contributed by atoms with Crippen molar-refractivity contribution < 1.29 is 17.3 Å². The molecule has 5 nitrogen and oxygen atoms in total. The van der Waals surface area contributed by atoms with E-state index < -0.39 is 15.7 Å². The van der Waals surface area contributed by atoms with Gasteiger partial charge in [-0.25, -0.2) is 12.8 Å². The number of sulfone groups is 1. The summed E-state index contributed by atoms with van der Waals surface area (Å²) in [7, 11) is -3.54. The fourth-order valence-electron chi connectivity index (χ4n) is 2.25. The third kappa shape index (κ3) is 4.05. The summed E-state index contributed by atoms with van der Waals surface area (Å²) in [6.45, 7) is 1.96. The number of aromatic nitrogens is 2. The molecular weight excluding hydrogens is 331 g/mol. The van der Waals surface area contributed by atoms with Gasteiger partial charge in [-0.2, -0.15) is 4.98 Å².